The molecule has 1 aliphatic carbocycles. The number of ether oxygens (including phenoxy) is 1. The number of halogens is 1. The first kappa shape index (κ1) is 16.8. The molecule has 1 atom stereocenters. The van der Waals surface area contributed by atoms with Crippen molar-refractivity contribution in [3.8, 4) is 0 Å². The third-order valence-corrected chi connectivity index (χ3v) is 4.47. The lowest BCUT2D eigenvalue weighted by Gasteiger charge is -2.25. The topological polar surface area (TPSA) is 21.3 Å². The summed E-state index contributed by atoms with van der Waals surface area (Å²) < 4.78 is 6.25. The van der Waals surface area contributed by atoms with E-state index >= 15 is 0 Å². The van der Waals surface area contributed by atoms with Gasteiger partial charge in [0.2, 0.25) is 0 Å². The van der Waals surface area contributed by atoms with Crippen molar-refractivity contribution in [3.05, 3.63) is 34.9 Å². The van der Waals surface area contributed by atoms with Crippen molar-refractivity contribution in [2.24, 2.45) is 5.92 Å². The highest BCUT2D eigenvalue weighted by molar-refractivity contribution is 6.30. The van der Waals surface area contributed by atoms with E-state index in [0.717, 1.165) is 37.1 Å². The van der Waals surface area contributed by atoms with E-state index in [9.17, 15) is 0 Å². The average Bonchev–Trinajstić information content (AvgIpc) is 2.52. The van der Waals surface area contributed by atoms with Crippen LogP contribution in [0.2, 0.25) is 5.02 Å². The van der Waals surface area contributed by atoms with Crippen LogP contribution >= 0.6 is 11.6 Å². The van der Waals surface area contributed by atoms with Crippen molar-refractivity contribution in [2.75, 3.05) is 19.7 Å². The van der Waals surface area contributed by atoms with Crippen molar-refractivity contribution in [1.29, 1.82) is 0 Å². The van der Waals surface area contributed by atoms with Crippen LogP contribution in [0.15, 0.2) is 24.3 Å². The van der Waals surface area contributed by atoms with Gasteiger partial charge < -0.3 is 10.1 Å². The fourth-order valence-corrected chi connectivity index (χ4v) is 3.19. The summed E-state index contributed by atoms with van der Waals surface area (Å²) in [6.07, 6.45) is 8.03. The van der Waals surface area contributed by atoms with Gasteiger partial charge in [-0.15, -0.1) is 0 Å². The Kier molecular flexibility index (Phi) is 7.56. The molecule has 1 aliphatic rings. The molecule has 21 heavy (non-hydrogen) atoms. The summed E-state index contributed by atoms with van der Waals surface area (Å²) in [4.78, 5) is 0. The van der Waals surface area contributed by atoms with Gasteiger partial charge in [0.05, 0.1) is 12.7 Å². The molecular weight excluding hydrogens is 282 g/mol. The minimum Gasteiger partial charge on any atom is -0.372 e. The van der Waals surface area contributed by atoms with Gasteiger partial charge in [0.15, 0.2) is 0 Å². The summed E-state index contributed by atoms with van der Waals surface area (Å²) in [6, 6.07) is 8.07. The Balaban J connectivity index is 1.91. The number of hydrogen-bond acceptors (Lipinski definition) is 2. The zero-order valence-corrected chi connectivity index (χ0v) is 13.9. The van der Waals surface area contributed by atoms with Gasteiger partial charge in [0, 0.05) is 11.6 Å². The molecular formula is C18H28ClNO. The standard InChI is InChI=1S/C18H28ClNO/c1-2-11-20-13-18(16-9-6-10-17(19)12-16)21-14-15-7-4-3-5-8-15/h6,9-10,12,15,18,20H,2-5,7-8,11,13-14H2,1H3. The molecule has 0 heterocycles. The lowest BCUT2D eigenvalue weighted by molar-refractivity contribution is 0.0200. The van der Waals surface area contributed by atoms with E-state index < -0.39 is 0 Å². The van der Waals surface area contributed by atoms with Crippen LogP contribution in [0.25, 0.3) is 0 Å². The molecule has 0 saturated heterocycles. The third-order valence-electron chi connectivity index (χ3n) is 4.23. The molecule has 1 saturated carbocycles. The fraction of sp³-hybridized carbons (Fsp3) is 0.667. The Hall–Kier alpha value is -0.570. The maximum Gasteiger partial charge on any atom is 0.0949 e. The highest BCUT2D eigenvalue weighted by Crippen LogP contribution is 2.27. The van der Waals surface area contributed by atoms with Crippen LogP contribution in [-0.2, 0) is 4.74 Å². The highest BCUT2D eigenvalue weighted by atomic mass is 35.5. The van der Waals surface area contributed by atoms with E-state index in [4.69, 9.17) is 16.3 Å². The van der Waals surface area contributed by atoms with Crippen LogP contribution in [0.1, 0.15) is 57.1 Å². The third kappa shape index (κ3) is 5.98. The zero-order valence-electron chi connectivity index (χ0n) is 13.1. The molecule has 0 amide bonds. The highest BCUT2D eigenvalue weighted by Gasteiger charge is 2.18. The lowest BCUT2D eigenvalue weighted by atomic mass is 9.90. The van der Waals surface area contributed by atoms with Crippen LogP contribution in [0.3, 0.4) is 0 Å². The monoisotopic (exact) mass is 309 g/mol. The molecule has 1 fully saturated rings. The first-order chi connectivity index (χ1) is 10.3. The molecule has 0 radical (unpaired) electrons. The number of rotatable bonds is 8. The molecule has 2 nitrogen and oxygen atoms in total. The van der Waals surface area contributed by atoms with Gasteiger partial charge in [-0.25, -0.2) is 0 Å². The maximum absolute atomic E-state index is 6.25. The largest absolute Gasteiger partial charge is 0.372 e. The molecule has 0 aromatic heterocycles. The molecule has 118 valence electrons. The second-order valence-corrected chi connectivity index (χ2v) is 6.52. The van der Waals surface area contributed by atoms with Crippen LogP contribution < -0.4 is 5.32 Å². The number of benzene rings is 1. The van der Waals surface area contributed by atoms with E-state index in [-0.39, 0.29) is 6.10 Å². The molecule has 0 aliphatic heterocycles. The van der Waals surface area contributed by atoms with E-state index in [1.165, 1.54) is 37.7 Å². The quantitative estimate of drug-likeness (QED) is 0.684. The summed E-state index contributed by atoms with van der Waals surface area (Å²) in [6.45, 7) is 4.96. The second kappa shape index (κ2) is 9.45. The van der Waals surface area contributed by atoms with Crippen LogP contribution in [0, 0.1) is 5.92 Å². The van der Waals surface area contributed by atoms with E-state index in [2.05, 4.69) is 18.3 Å². The van der Waals surface area contributed by atoms with Crippen LogP contribution in [0.5, 0.6) is 0 Å². The Morgan fingerprint density at radius 1 is 1.29 bits per heavy atom. The fourth-order valence-electron chi connectivity index (χ4n) is 3.00. The normalized spacial score (nSPS) is 17.8. The first-order valence-corrected chi connectivity index (χ1v) is 8.75. The van der Waals surface area contributed by atoms with Gasteiger partial charge in [-0.3, -0.25) is 0 Å². The Bertz CT molecular complexity index is 404. The lowest BCUT2D eigenvalue weighted by Crippen LogP contribution is -2.26. The molecule has 1 aromatic rings. The molecule has 0 bridgehead atoms. The van der Waals surface area contributed by atoms with Crippen molar-refractivity contribution < 1.29 is 4.74 Å². The van der Waals surface area contributed by atoms with E-state index in [0.29, 0.717) is 0 Å². The van der Waals surface area contributed by atoms with E-state index in [1.54, 1.807) is 0 Å². The van der Waals surface area contributed by atoms with Gasteiger partial charge in [-0.2, -0.15) is 0 Å². The molecule has 0 spiro atoms. The van der Waals surface area contributed by atoms with Crippen molar-refractivity contribution in [3.63, 3.8) is 0 Å². The Morgan fingerprint density at radius 2 is 2.10 bits per heavy atom. The Labute approximate surface area is 134 Å². The molecule has 1 aromatic carbocycles. The average molecular weight is 310 g/mol. The minimum absolute atomic E-state index is 0.108. The summed E-state index contributed by atoms with van der Waals surface area (Å²) in [5.74, 6) is 0.742. The molecule has 1 unspecified atom stereocenters. The van der Waals surface area contributed by atoms with Gasteiger partial charge in [0.1, 0.15) is 0 Å². The van der Waals surface area contributed by atoms with Crippen molar-refractivity contribution >= 4 is 11.6 Å². The molecule has 1 N–H and O–H groups in total. The Morgan fingerprint density at radius 3 is 2.81 bits per heavy atom. The molecule has 3 heteroatoms. The SMILES string of the molecule is CCCNCC(OCC1CCCCC1)c1cccc(Cl)c1. The van der Waals surface area contributed by atoms with Gasteiger partial charge in [0.25, 0.3) is 0 Å². The van der Waals surface area contributed by atoms with Crippen LogP contribution in [0.4, 0.5) is 0 Å². The summed E-state index contributed by atoms with van der Waals surface area (Å²) in [7, 11) is 0. The van der Waals surface area contributed by atoms with Crippen molar-refractivity contribution in [2.45, 2.75) is 51.6 Å². The smallest absolute Gasteiger partial charge is 0.0949 e. The number of hydrogen-bond donors (Lipinski definition) is 1. The van der Waals surface area contributed by atoms with E-state index in [1.807, 2.05) is 18.2 Å². The zero-order chi connectivity index (χ0) is 14.9. The second-order valence-electron chi connectivity index (χ2n) is 6.09. The summed E-state index contributed by atoms with van der Waals surface area (Å²) in [5, 5.41) is 4.26. The predicted molar refractivity (Wildman–Crippen MR) is 89.9 cm³/mol. The summed E-state index contributed by atoms with van der Waals surface area (Å²) >= 11 is 6.12. The summed E-state index contributed by atoms with van der Waals surface area (Å²) in [5.41, 5.74) is 1.18. The number of nitrogens with one attached hydrogen (secondary N) is 1. The van der Waals surface area contributed by atoms with Gasteiger partial charge in [-0.05, 0) is 49.4 Å². The van der Waals surface area contributed by atoms with Gasteiger partial charge >= 0.3 is 0 Å². The maximum atomic E-state index is 6.25. The van der Waals surface area contributed by atoms with Crippen molar-refractivity contribution in [1.82, 2.24) is 5.32 Å². The predicted octanol–water partition coefficient (Wildman–Crippen LogP) is 4.98. The van der Waals surface area contributed by atoms with Crippen LogP contribution in [-0.4, -0.2) is 19.7 Å². The minimum atomic E-state index is 0.108. The van der Waals surface area contributed by atoms with Gasteiger partial charge in [-0.1, -0.05) is 49.9 Å². The molecule has 2 rings (SSSR count). The first-order valence-electron chi connectivity index (χ1n) is 8.37.